The van der Waals surface area contributed by atoms with Crippen LogP contribution < -0.4 is 14.2 Å². The number of aliphatic hydroxyl groups is 1. The molecule has 1 atom stereocenters. The van der Waals surface area contributed by atoms with Gasteiger partial charge in [-0.25, -0.2) is 4.79 Å². The second-order valence-corrected chi connectivity index (χ2v) is 9.17. The Bertz CT molecular complexity index is 963. The molecular weight excluding hydrogens is 408 g/mol. The molecule has 32 heavy (non-hydrogen) atoms. The van der Waals surface area contributed by atoms with Crippen LogP contribution in [0.4, 0.5) is 0 Å². The lowest BCUT2D eigenvalue weighted by Gasteiger charge is -2.24. The fourth-order valence-electron chi connectivity index (χ4n) is 3.79. The Morgan fingerprint density at radius 1 is 1.12 bits per heavy atom. The fraction of sp³-hybridized carbons (Fsp3) is 0.500. The number of aliphatic hydroxyl groups excluding tert-OH is 1. The molecule has 0 unspecified atom stereocenters. The van der Waals surface area contributed by atoms with Crippen LogP contribution in [0.5, 0.6) is 23.0 Å². The standard InChI is InChI=1S/C26H34O6/c1-15(2)9-10-30-22-13-17(5)12-18-14-31-26(28)23-21(32-24(18)22)8-7-19(25(23)29-6)20(27)11-16(3)4/h7-8,12-13,15-16,20,27H,9-11,14H2,1-6H3/t20-/m0/s1. The molecule has 0 spiro atoms. The van der Waals surface area contributed by atoms with E-state index in [1.165, 1.54) is 7.11 Å². The van der Waals surface area contributed by atoms with Gasteiger partial charge in [-0.2, -0.15) is 0 Å². The number of rotatable bonds is 8. The van der Waals surface area contributed by atoms with Gasteiger partial charge in [0.15, 0.2) is 11.5 Å². The smallest absolute Gasteiger partial charge is 0.346 e. The van der Waals surface area contributed by atoms with E-state index in [0.717, 1.165) is 17.5 Å². The van der Waals surface area contributed by atoms with E-state index in [0.29, 0.717) is 41.8 Å². The van der Waals surface area contributed by atoms with E-state index in [1.807, 2.05) is 32.9 Å². The fourth-order valence-corrected chi connectivity index (χ4v) is 3.79. The van der Waals surface area contributed by atoms with Crippen molar-refractivity contribution in [2.45, 2.75) is 60.2 Å². The number of hydrogen-bond acceptors (Lipinski definition) is 6. The molecule has 3 rings (SSSR count). The van der Waals surface area contributed by atoms with E-state index in [9.17, 15) is 9.90 Å². The van der Waals surface area contributed by atoms with E-state index >= 15 is 0 Å². The third-order valence-corrected chi connectivity index (χ3v) is 5.41. The highest BCUT2D eigenvalue weighted by Gasteiger charge is 2.30. The number of hydrogen-bond donors (Lipinski definition) is 1. The van der Waals surface area contributed by atoms with Crippen LogP contribution in [0.15, 0.2) is 24.3 Å². The summed E-state index contributed by atoms with van der Waals surface area (Å²) in [4.78, 5) is 13.0. The van der Waals surface area contributed by atoms with E-state index in [-0.39, 0.29) is 23.8 Å². The second-order valence-electron chi connectivity index (χ2n) is 9.17. The van der Waals surface area contributed by atoms with Crippen molar-refractivity contribution in [1.29, 1.82) is 0 Å². The van der Waals surface area contributed by atoms with Crippen LogP contribution in [0.3, 0.4) is 0 Å². The molecule has 1 aliphatic rings. The van der Waals surface area contributed by atoms with Crippen LogP contribution >= 0.6 is 0 Å². The number of methoxy groups -OCH3 is 1. The van der Waals surface area contributed by atoms with Crippen molar-refractivity contribution < 1.29 is 28.8 Å². The normalized spacial score (nSPS) is 14.1. The lowest BCUT2D eigenvalue weighted by Crippen LogP contribution is -2.15. The Kier molecular flexibility index (Phi) is 7.67. The first kappa shape index (κ1) is 23.9. The zero-order valence-electron chi connectivity index (χ0n) is 19.9. The van der Waals surface area contributed by atoms with Gasteiger partial charge in [0.2, 0.25) is 0 Å². The summed E-state index contributed by atoms with van der Waals surface area (Å²) in [5, 5.41) is 10.7. The zero-order chi connectivity index (χ0) is 23.4. The molecule has 1 N–H and O–H groups in total. The maximum Gasteiger partial charge on any atom is 0.346 e. The van der Waals surface area contributed by atoms with Gasteiger partial charge in [-0.05, 0) is 61.4 Å². The topological polar surface area (TPSA) is 74.2 Å². The zero-order valence-corrected chi connectivity index (χ0v) is 19.9. The van der Waals surface area contributed by atoms with Gasteiger partial charge < -0.3 is 24.1 Å². The quantitative estimate of drug-likeness (QED) is 0.508. The molecule has 0 aromatic heterocycles. The van der Waals surface area contributed by atoms with Gasteiger partial charge in [-0.3, -0.25) is 0 Å². The predicted molar refractivity (Wildman–Crippen MR) is 123 cm³/mol. The van der Waals surface area contributed by atoms with Gasteiger partial charge in [-0.1, -0.05) is 27.7 Å². The van der Waals surface area contributed by atoms with Gasteiger partial charge >= 0.3 is 5.97 Å². The number of aryl methyl sites for hydroxylation is 1. The summed E-state index contributed by atoms with van der Waals surface area (Å²) in [6.45, 7) is 10.9. The van der Waals surface area contributed by atoms with E-state index in [1.54, 1.807) is 12.1 Å². The number of cyclic esters (lactones) is 1. The molecule has 2 aromatic rings. The summed E-state index contributed by atoms with van der Waals surface area (Å²) in [6.07, 6.45) is 0.693. The Morgan fingerprint density at radius 2 is 1.88 bits per heavy atom. The number of carbonyl (C=O) groups is 1. The molecule has 0 bridgehead atoms. The lowest BCUT2D eigenvalue weighted by atomic mass is 9.96. The molecule has 1 aliphatic heterocycles. The Labute approximate surface area is 190 Å². The number of ether oxygens (including phenoxy) is 4. The first-order chi connectivity index (χ1) is 15.2. The Balaban J connectivity index is 2.05. The minimum Gasteiger partial charge on any atom is -0.495 e. The van der Waals surface area contributed by atoms with Gasteiger partial charge in [0.1, 0.15) is 23.7 Å². The molecule has 174 valence electrons. The average molecular weight is 443 g/mol. The van der Waals surface area contributed by atoms with Crippen molar-refractivity contribution in [2.24, 2.45) is 11.8 Å². The van der Waals surface area contributed by atoms with Gasteiger partial charge in [-0.15, -0.1) is 0 Å². The molecule has 6 nitrogen and oxygen atoms in total. The summed E-state index contributed by atoms with van der Waals surface area (Å²) >= 11 is 0. The minimum absolute atomic E-state index is 0.0533. The summed E-state index contributed by atoms with van der Waals surface area (Å²) in [5.74, 6) is 1.98. The highest BCUT2D eigenvalue weighted by atomic mass is 16.6. The first-order valence-electron chi connectivity index (χ1n) is 11.2. The van der Waals surface area contributed by atoms with Crippen molar-refractivity contribution >= 4 is 5.97 Å². The van der Waals surface area contributed by atoms with E-state index in [2.05, 4.69) is 13.8 Å². The molecule has 2 aromatic carbocycles. The molecular formula is C26H34O6. The minimum atomic E-state index is -0.765. The van der Waals surface area contributed by atoms with Crippen molar-refractivity contribution in [2.75, 3.05) is 13.7 Å². The van der Waals surface area contributed by atoms with Crippen molar-refractivity contribution in [3.63, 3.8) is 0 Å². The molecule has 0 fully saturated rings. The van der Waals surface area contributed by atoms with Gasteiger partial charge in [0.05, 0.1) is 19.8 Å². The SMILES string of the molecule is COc1c([C@@H](O)CC(C)C)ccc2c1C(=O)OCc1cc(C)cc(OCCC(C)C)c1O2. The number of esters is 1. The largest absolute Gasteiger partial charge is 0.495 e. The summed E-state index contributed by atoms with van der Waals surface area (Å²) in [5.41, 5.74) is 2.45. The average Bonchev–Trinajstić information content (AvgIpc) is 2.71. The number of carbonyl (C=O) groups excluding carboxylic acids is 1. The molecule has 0 amide bonds. The molecule has 0 saturated heterocycles. The highest BCUT2D eigenvalue weighted by Crippen LogP contribution is 2.44. The molecule has 1 heterocycles. The Hall–Kier alpha value is -2.73. The monoisotopic (exact) mass is 442 g/mol. The summed E-state index contributed by atoms with van der Waals surface area (Å²) in [7, 11) is 1.48. The van der Waals surface area contributed by atoms with Crippen LogP contribution in [-0.4, -0.2) is 24.8 Å². The van der Waals surface area contributed by atoms with Crippen molar-refractivity contribution in [1.82, 2.24) is 0 Å². The van der Waals surface area contributed by atoms with Crippen LogP contribution in [0.1, 0.15) is 73.7 Å². The molecule has 0 aliphatic carbocycles. The van der Waals surface area contributed by atoms with Crippen LogP contribution in [0.2, 0.25) is 0 Å². The van der Waals surface area contributed by atoms with E-state index < -0.39 is 12.1 Å². The number of benzene rings is 2. The predicted octanol–water partition coefficient (Wildman–Crippen LogP) is 5.97. The number of fused-ring (bicyclic) bond motifs is 2. The molecule has 0 radical (unpaired) electrons. The maximum atomic E-state index is 13.0. The molecule has 0 saturated carbocycles. The van der Waals surface area contributed by atoms with Crippen LogP contribution in [0.25, 0.3) is 0 Å². The summed E-state index contributed by atoms with van der Waals surface area (Å²) < 4.78 is 23.5. The van der Waals surface area contributed by atoms with Crippen LogP contribution in [0, 0.1) is 18.8 Å². The summed E-state index contributed by atoms with van der Waals surface area (Å²) in [6, 6.07) is 7.29. The van der Waals surface area contributed by atoms with Gasteiger partial charge in [0.25, 0.3) is 0 Å². The molecule has 6 heteroatoms. The third kappa shape index (κ3) is 5.36. The highest BCUT2D eigenvalue weighted by molar-refractivity contribution is 5.96. The van der Waals surface area contributed by atoms with Gasteiger partial charge in [0, 0.05) is 11.1 Å². The maximum absolute atomic E-state index is 13.0. The third-order valence-electron chi connectivity index (χ3n) is 5.41. The van der Waals surface area contributed by atoms with Crippen molar-refractivity contribution in [3.8, 4) is 23.0 Å². The van der Waals surface area contributed by atoms with Crippen molar-refractivity contribution in [3.05, 3.63) is 46.5 Å². The lowest BCUT2D eigenvalue weighted by molar-refractivity contribution is 0.0453. The Morgan fingerprint density at radius 3 is 2.53 bits per heavy atom. The first-order valence-corrected chi connectivity index (χ1v) is 11.2. The van der Waals surface area contributed by atoms with Crippen LogP contribution in [-0.2, 0) is 11.3 Å². The van der Waals surface area contributed by atoms with E-state index in [4.69, 9.17) is 18.9 Å². The second kappa shape index (κ2) is 10.3.